The van der Waals surface area contributed by atoms with Crippen LogP contribution >= 0.6 is 0 Å². The number of aryl methyl sites for hydroxylation is 1. The molecule has 1 aromatic carbocycles. The molecule has 29 heavy (non-hydrogen) atoms. The second-order valence-corrected chi connectivity index (χ2v) is 7.99. The highest BCUT2D eigenvalue weighted by Crippen LogP contribution is 2.31. The van der Waals surface area contributed by atoms with Gasteiger partial charge in [-0.3, -0.25) is 4.57 Å². The summed E-state index contributed by atoms with van der Waals surface area (Å²) in [6.07, 6.45) is 4.34. The zero-order valence-electron chi connectivity index (χ0n) is 17.7. The molecule has 0 bridgehead atoms. The zero-order valence-corrected chi connectivity index (χ0v) is 17.7. The lowest BCUT2D eigenvalue weighted by Gasteiger charge is -2.29. The van der Waals surface area contributed by atoms with Crippen molar-refractivity contribution in [2.24, 2.45) is 13.0 Å². The van der Waals surface area contributed by atoms with Crippen LogP contribution in [0.15, 0.2) is 12.1 Å². The molecule has 0 N–H and O–H groups in total. The van der Waals surface area contributed by atoms with Crippen LogP contribution in [0.5, 0.6) is 11.8 Å². The molecule has 0 radical (unpaired) electrons. The number of nitrogens with zero attached hydrogens (tertiary/aromatic N) is 2. The van der Waals surface area contributed by atoms with Gasteiger partial charge in [-0.15, -0.1) is 0 Å². The molecular weight excluding hydrogens is 375 g/mol. The van der Waals surface area contributed by atoms with Crippen molar-refractivity contribution in [2.45, 2.75) is 65.1 Å². The smallest absolute Gasteiger partial charge is 0.297 e. The van der Waals surface area contributed by atoms with Gasteiger partial charge >= 0.3 is 0 Å². The number of imidazole rings is 1. The Kier molecular flexibility index (Phi) is 7.11. The maximum atomic E-state index is 14.7. The molecule has 2 aromatic rings. The number of carbonyl (C=O) groups excluding carboxylic acids is 1. The molecular formula is C22H31FN2O4. The van der Waals surface area contributed by atoms with E-state index in [1.54, 1.807) is 30.7 Å². The molecule has 1 fully saturated rings. The number of ketones is 1. The summed E-state index contributed by atoms with van der Waals surface area (Å²) in [5.41, 5.74) is 0.947. The van der Waals surface area contributed by atoms with E-state index in [2.05, 4.69) is 4.98 Å². The number of fused-ring (bicyclic) bond motifs is 1. The molecule has 3 rings (SSSR count). The van der Waals surface area contributed by atoms with E-state index in [-0.39, 0.29) is 29.7 Å². The minimum atomic E-state index is -0.411. The van der Waals surface area contributed by atoms with Crippen LogP contribution in [0.2, 0.25) is 0 Å². The molecule has 0 spiro atoms. The SMILES string of the molecule is CCOc1ccc2nc(OC3CCC(OC[C@H](C)CC(C)=O)CC3)n(C)c2c1F. The number of carbonyl (C=O) groups is 1. The zero-order chi connectivity index (χ0) is 21.0. The van der Waals surface area contributed by atoms with E-state index in [9.17, 15) is 9.18 Å². The van der Waals surface area contributed by atoms with Gasteiger partial charge in [-0.05, 0) is 57.6 Å². The fourth-order valence-corrected chi connectivity index (χ4v) is 3.91. The Morgan fingerprint density at radius 3 is 2.62 bits per heavy atom. The molecule has 1 heterocycles. The molecule has 1 aromatic heterocycles. The number of hydrogen-bond acceptors (Lipinski definition) is 5. The Morgan fingerprint density at radius 1 is 1.28 bits per heavy atom. The Morgan fingerprint density at radius 2 is 1.97 bits per heavy atom. The van der Waals surface area contributed by atoms with Gasteiger partial charge in [0.25, 0.3) is 6.01 Å². The monoisotopic (exact) mass is 406 g/mol. The van der Waals surface area contributed by atoms with Gasteiger partial charge in [0, 0.05) is 20.1 Å². The first-order valence-electron chi connectivity index (χ1n) is 10.4. The lowest BCUT2D eigenvalue weighted by molar-refractivity contribution is -0.118. The highest BCUT2D eigenvalue weighted by Gasteiger charge is 2.26. The van der Waals surface area contributed by atoms with Crippen molar-refractivity contribution in [3.8, 4) is 11.8 Å². The molecule has 6 nitrogen and oxygen atoms in total. The van der Waals surface area contributed by atoms with Gasteiger partial charge in [0.05, 0.1) is 18.2 Å². The van der Waals surface area contributed by atoms with Crippen LogP contribution in [-0.2, 0) is 16.6 Å². The van der Waals surface area contributed by atoms with E-state index >= 15 is 0 Å². The van der Waals surface area contributed by atoms with Crippen LogP contribution in [0.4, 0.5) is 4.39 Å². The third-order valence-electron chi connectivity index (χ3n) is 5.34. The standard InChI is InChI=1S/C22H31FN2O4/c1-5-27-19-11-10-18-21(20(19)23)25(4)22(24-18)29-17-8-6-16(7-9-17)28-13-14(2)12-15(3)26/h10-11,14,16-17H,5-9,12-13H2,1-4H3/t14-,16?,17?/m1/s1. The maximum Gasteiger partial charge on any atom is 0.297 e. The van der Waals surface area contributed by atoms with Gasteiger partial charge in [-0.1, -0.05) is 6.92 Å². The van der Waals surface area contributed by atoms with Crippen molar-refractivity contribution in [1.29, 1.82) is 0 Å². The summed E-state index contributed by atoms with van der Waals surface area (Å²) in [6.45, 7) is 6.50. The lowest BCUT2D eigenvalue weighted by Crippen LogP contribution is -2.30. The van der Waals surface area contributed by atoms with Gasteiger partial charge < -0.3 is 19.0 Å². The Balaban J connectivity index is 1.56. The average molecular weight is 406 g/mol. The summed E-state index contributed by atoms with van der Waals surface area (Å²) < 4.78 is 33.8. The van der Waals surface area contributed by atoms with E-state index in [1.165, 1.54) is 0 Å². The Labute approximate surface area is 171 Å². The number of ether oxygens (including phenoxy) is 3. The third kappa shape index (κ3) is 5.26. The van der Waals surface area contributed by atoms with Crippen molar-refractivity contribution < 1.29 is 23.4 Å². The van der Waals surface area contributed by atoms with Gasteiger partial charge in [0.15, 0.2) is 11.6 Å². The Hall–Kier alpha value is -2.15. The number of rotatable bonds is 9. The predicted octanol–water partition coefficient (Wildman–Crippen LogP) is 4.43. The van der Waals surface area contributed by atoms with Gasteiger partial charge in [0.1, 0.15) is 17.4 Å². The summed E-state index contributed by atoms with van der Waals surface area (Å²) in [4.78, 5) is 15.6. The molecule has 7 heteroatoms. The highest BCUT2D eigenvalue weighted by molar-refractivity contribution is 5.79. The minimum absolute atomic E-state index is 0.0365. The average Bonchev–Trinajstić information content (AvgIpc) is 2.99. The largest absolute Gasteiger partial charge is 0.491 e. The first-order chi connectivity index (χ1) is 13.9. The van der Waals surface area contributed by atoms with Crippen molar-refractivity contribution in [3.63, 3.8) is 0 Å². The van der Waals surface area contributed by atoms with Crippen molar-refractivity contribution in [1.82, 2.24) is 9.55 Å². The second kappa shape index (κ2) is 9.57. The second-order valence-electron chi connectivity index (χ2n) is 7.99. The van der Waals surface area contributed by atoms with E-state index in [4.69, 9.17) is 14.2 Å². The van der Waals surface area contributed by atoms with E-state index in [0.29, 0.717) is 36.7 Å². The quantitative estimate of drug-likeness (QED) is 0.616. The van der Waals surface area contributed by atoms with Crippen LogP contribution in [-0.4, -0.2) is 40.8 Å². The first-order valence-corrected chi connectivity index (χ1v) is 10.4. The third-order valence-corrected chi connectivity index (χ3v) is 5.34. The van der Waals surface area contributed by atoms with Crippen molar-refractivity contribution in [3.05, 3.63) is 17.9 Å². The summed E-state index contributed by atoms with van der Waals surface area (Å²) in [5.74, 6) is 0.264. The summed E-state index contributed by atoms with van der Waals surface area (Å²) >= 11 is 0. The molecule has 1 aliphatic carbocycles. The van der Waals surface area contributed by atoms with Crippen LogP contribution in [0, 0.1) is 11.7 Å². The molecule has 1 aliphatic rings. The number of hydrogen-bond donors (Lipinski definition) is 0. The molecule has 0 amide bonds. The van der Waals surface area contributed by atoms with Gasteiger partial charge in [0.2, 0.25) is 0 Å². The van der Waals surface area contributed by atoms with E-state index < -0.39 is 5.82 Å². The molecule has 1 saturated carbocycles. The lowest BCUT2D eigenvalue weighted by atomic mass is 9.95. The van der Waals surface area contributed by atoms with Gasteiger partial charge in [-0.25, -0.2) is 4.39 Å². The fourth-order valence-electron chi connectivity index (χ4n) is 3.91. The molecule has 0 aliphatic heterocycles. The maximum absolute atomic E-state index is 14.7. The normalized spacial score (nSPS) is 20.6. The summed E-state index contributed by atoms with van der Waals surface area (Å²) in [6, 6.07) is 3.78. The molecule has 0 unspecified atom stereocenters. The van der Waals surface area contributed by atoms with Crippen LogP contribution in [0.25, 0.3) is 11.0 Å². The molecule has 0 saturated heterocycles. The van der Waals surface area contributed by atoms with Gasteiger partial charge in [-0.2, -0.15) is 4.98 Å². The minimum Gasteiger partial charge on any atom is -0.491 e. The van der Waals surface area contributed by atoms with E-state index in [1.807, 2.05) is 13.8 Å². The number of halogens is 1. The van der Waals surface area contributed by atoms with Crippen LogP contribution in [0.3, 0.4) is 0 Å². The highest BCUT2D eigenvalue weighted by atomic mass is 19.1. The summed E-state index contributed by atoms with van der Waals surface area (Å²) in [5, 5.41) is 0. The molecule has 160 valence electrons. The van der Waals surface area contributed by atoms with Crippen molar-refractivity contribution in [2.75, 3.05) is 13.2 Å². The van der Waals surface area contributed by atoms with E-state index in [0.717, 1.165) is 25.7 Å². The predicted molar refractivity (Wildman–Crippen MR) is 109 cm³/mol. The van der Waals surface area contributed by atoms with Crippen LogP contribution < -0.4 is 9.47 Å². The van der Waals surface area contributed by atoms with Crippen molar-refractivity contribution >= 4 is 16.8 Å². The Bertz CT molecular complexity index is 843. The summed E-state index contributed by atoms with van der Waals surface area (Å²) in [7, 11) is 1.76. The number of benzene rings is 1. The van der Waals surface area contributed by atoms with Crippen LogP contribution in [0.1, 0.15) is 52.9 Å². The fraction of sp³-hybridized carbons (Fsp3) is 0.636. The number of aromatic nitrogens is 2. The number of Topliss-reactive ketones (excluding diaryl/α,β-unsaturated/α-hetero) is 1. The molecule has 1 atom stereocenters. The topological polar surface area (TPSA) is 62.6 Å². The first kappa shape index (κ1) is 21.6.